The zero-order chi connectivity index (χ0) is 21.9. The predicted octanol–water partition coefficient (Wildman–Crippen LogP) is 3.26. The minimum atomic E-state index is -2.98. The van der Waals surface area contributed by atoms with Crippen LogP contribution in [-0.2, 0) is 14.6 Å². The van der Waals surface area contributed by atoms with Crippen LogP contribution in [0.3, 0.4) is 0 Å². The number of aryl methyl sites for hydroxylation is 3. The highest BCUT2D eigenvalue weighted by atomic mass is 32.2. The summed E-state index contributed by atoms with van der Waals surface area (Å²) >= 11 is 1.41. The maximum atomic E-state index is 12.7. The Morgan fingerprint density at radius 1 is 1.10 bits per heavy atom. The summed E-state index contributed by atoms with van der Waals surface area (Å²) in [6.45, 7) is 5.72. The van der Waals surface area contributed by atoms with E-state index in [9.17, 15) is 18.0 Å². The maximum Gasteiger partial charge on any atom is 0.252 e. The highest BCUT2D eigenvalue weighted by Crippen LogP contribution is 2.33. The first-order valence-corrected chi connectivity index (χ1v) is 12.5. The molecule has 2 aromatic carbocycles. The van der Waals surface area contributed by atoms with Gasteiger partial charge in [-0.1, -0.05) is 29.8 Å². The monoisotopic (exact) mass is 446 g/mol. The third-order valence-electron chi connectivity index (χ3n) is 4.97. The number of hydrogen-bond acceptors (Lipinski definition) is 5. The van der Waals surface area contributed by atoms with Crippen molar-refractivity contribution in [3.8, 4) is 0 Å². The first-order valence-electron chi connectivity index (χ1n) is 9.76. The Morgan fingerprint density at radius 2 is 1.77 bits per heavy atom. The van der Waals surface area contributed by atoms with Crippen LogP contribution in [0.4, 0.5) is 5.69 Å². The maximum absolute atomic E-state index is 12.7. The van der Waals surface area contributed by atoms with E-state index in [1.807, 2.05) is 45.0 Å². The number of carbonyl (C=O) groups excluding carboxylic acids is 2. The van der Waals surface area contributed by atoms with Gasteiger partial charge in [0.05, 0.1) is 23.6 Å². The molecule has 0 aromatic heterocycles. The Hall–Kier alpha value is -2.32. The van der Waals surface area contributed by atoms with Gasteiger partial charge in [0.15, 0.2) is 9.84 Å². The molecule has 0 radical (unpaired) electrons. The van der Waals surface area contributed by atoms with E-state index in [0.717, 1.165) is 27.3 Å². The van der Waals surface area contributed by atoms with Crippen molar-refractivity contribution < 1.29 is 18.0 Å². The fourth-order valence-corrected chi connectivity index (χ4v) is 7.23. The van der Waals surface area contributed by atoms with E-state index < -0.39 is 9.84 Å². The number of anilines is 1. The second-order valence-corrected chi connectivity index (χ2v) is 11.2. The Balaban J connectivity index is 1.62. The summed E-state index contributed by atoms with van der Waals surface area (Å²) < 4.78 is 23.4. The Labute approximate surface area is 181 Å². The van der Waals surface area contributed by atoms with Crippen molar-refractivity contribution in [3.05, 3.63) is 58.7 Å². The number of benzene rings is 2. The molecule has 30 heavy (non-hydrogen) atoms. The molecule has 3 rings (SSSR count). The highest BCUT2D eigenvalue weighted by Gasteiger charge is 2.29. The summed E-state index contributed by atoms with van der Waals surface area (Å²) in [5.74, 6) is -0.334. The summed E-state index contributed by atoms with van der Waals surface area (Å²) in [7, 11) is -2.98. The standard InChI is InChI=1S/C22H26N2O4S2/c1-14-10-15(2)21(16(3)11-14)24-20(25)12-23-22(26)18-6-4-5-7-19(18)29-17-8-9-30(27,28)13-17/h4-7,10-11,17H,8-9,12-13H2,1-3H3,(H,23,26)(H,24,25)/t17-/m1/s1. The molecule has 2 amide bonds. The zero-order valence-corrected chi connectivity index (χ0v) is 19.0. The molecule has 0 bridgehead atoms. The van der Waals surface area contributed by atoms with E-state index >= 15 is 0 Å². The Morgan fingerprint density at radius 3 is 2.40 bits per heavy atom. The summed E-state index contributed by atoms with van der Waals surface area (Å²) in [5.41, 5.74) is 4.28. The van der Waals surface area contributed by atoms with Crippen LogP contribution in [0.15, 0.2) is 41.3 Å². The predicted molar refractivity (Wildman–Crippen MR) is 121 cm³/mol. The summed E-state index contributed by atoms with van der Waals surface area (Å²) in [4.78, 5) is 25.8. The van der Waals surface area contributed by atoms with Crippen molar-refractivity contribution in [1.29, 1.82) is 0 Å². The van der Waals surface area contributed by atoms with Crippen LogP contribution in [0.1, 0.15) is 33.5 Å². The van der Waals surface area contributed by atoms with Crippen LogP contribution in [0.5, 0.6) is 0 Å². The van der Waals surface area contributed by atoms with Crippen LogP contribution in [0, 0.1) is 20.8 Å². The molecule has 0 unspecified atom stereocenters. The first-order chi connectivity index (χ1) is 14.1. The van der Waals surface area contributed by atoms with Gasteiger partial charge >= 0.3 is 0 Å². The molecular formula is C22H26N2O4S2. The third-order valence-corrected chi connectivity index (χ3v) is 8.29. The van der Waals surface area contributed by atoms with Gasteiger partial charge in [-0.15, -0.1) is 11.8 Å². The highest BCUT2D eigenvalue weighted by molar-refractivity contribution is 8.02. The van der Waals surface area contributed by atoms with Gasteiger partial charge < -0.3 is 10.6 Å². The summed E-state index contributed by atoms with van der Waals surface area (Å²) in [5, 5.41) is 5.48. The normalized spacial score (nSPS) is 17.5. The van der Waals surface area contributed by atoms with E-state index in [1.165, 1.54) is 11.8 Å². The lowest BCUT2D eigenvalue weighted by Gasteiger charge is -2.14. The molecule has 0 aliphatic carbocycles. The average molecular weight is 447 g/mol. The fourth-order valence-electron chi connectivity index (χ4n) is 3.61. The lowest BCUT2D eigenvalue weighted by Crippen LogP contribution is -2.33. The molecule has 2 aromatic rings. The molecule has 6 nitrogen and oxygen atoms in total. The lowest BCUT2D eigenvalue weighted by molar-refractivity contribution is -0.115. The van der Waals surface area contributed by atoms with Crippen molar-refractivity contribution in [3.63, 3.8) is 0 Å². The van der Waals surface area contributed by atoms with E-state index in [2.05, 4.69) is 10.6 Å². The van der Waals surface area contributed by atoms with Gasteiger partial charge in [-0.3, -0.25) is 9.59 Å². The molecule has 8 heteroatoms. The van der Waals surface area contributed by atoms with E-state index in [4.69, 9.17) is 0 Å². The molecule has 1 fully saturated rings. The van der Waals surface area contributed by atoms with E-state index in [-0.39, 0.29) is 35.1 Å². The van der Waals surface area contributed by atoms with Crippen LogP contribution >= 0.6 is 11.8 Å². The van der Waals surface area contributed by atoms with Gasteiger partial charge in [0.1, 0.15) is 0 Å². The number of sulfone groups is 1. The van der Waals surface area contributed by atoms with Gasteiger partial charge in [0, 0.05) is 15.8 Å². The number of rotatable bonds is 6. The topological polar surface area (TPSA) is 92.3 Å². The molecule has 0 saturated carbocycles. The largest absolute Gasteiger partial charge is 0.343 e. The minimum absolute atomic E-state index is 0.0558. The lowest BCUT2D eigenvalue weighted by atomic mass is 10.1. The molecule has 1 aliphatic heterocycles. The van der Waals surface area contributed by atoms with Crippen molar-refractivity contribution in [2.75, 3.05) is 23.4 Å². The third kappa shape index (κ3) is 5.64. The minimum Gasteiger partial charge on any atom is -0.343 e. The van der Waals surface area contributed by atoms with Gasteiger partial charge in [-0.2, -0.15) is 0 Å². The summed E-state index contributed by atoms with van der Waals surface area (Å²) in [6.07, 6.45) is 0.584. The molecule has 160 valence electrons. The Kier molecular flexibility index (Phi) is 6.88. The zero-order valence-electron chi connectivity index (χ0n) is 17.3. The number of thioether (sulfide) groups is 1. The van der Waals surface area contributed by atoms with Crippen molar-refractivity contribution in [2.24, 2.45) is 0 Å². The molecule has 1 aliphatic rings. The number of hydrogen-bond donors (Lipinski definition) is 2. The first kappa shape index (κ1) is 22.4. The van der Waals surface area contributed by atoms with Crippen LogP contribution < -0.4 is 10.6 Å². The van der Waals surface area contributed by atoms with Gasteiger partial charge in [-0.25, -0.2) is 8.42 Å². The second-order valence-electron chi connectivity index (χ2n) is 7.64. The number of amides is 2. The number of carbonyl (C=O) groups is 2. The van der Waals surface area contributed by atoms with Crippen LogP contribution in [-0.4, -0.2) is 43.5 Å². The number of nitrogens with one attached hydrogen (secondary N) is 2. The van der Waals surface area contributed by atoms with Crippen LogP contribution in [0.2, 0.25) is 0 Å². The van der Waals surface area contributed by atoms with Crippen LogP contribution in [0.25, 0.3) is 0 Å². The molecular weight excluding hydrogens is 420 g/mol. The molecule has 1 heterocycles. The molecule has 1 atom stereocenters. The smallest absolute Gasteiger partial charge is 0.252 e. The quantitative estimate of drug-likeness (QED) is 0.711. The molecule has 0 spiro atoms. The molecule has 2 N–H and O–H groups in total. The molecule has 1 saturated heterocycles. The van der Waals surface area contributed by atoms with Gasteiger partial charge in [-0.05, 0) is 50.5 Å². The SMILES string of the molecule is Cc1cc(C)c(NC(=O)CNC(=O)c2ccccc2S[C@@H]2CCS(=O)(=O)C2)c(C)c1. The fraction of sp³-hybridized carbons (Fsp3) is 0.364. The van der Waals surface area contributed by atoms with E-state index in [0.29, 0.717) is 12.0 Å². The van der Waals surface area contributed by atoms with Gasteiger partial charge in [0.25, 0.3) is 5.91 Å². The van der Waals surface area contributed by atoms with Crippen molar-refractivity contribution in [1.82, 2.24) is 5.32 Å². The van der Waals surface area contributed by atoms with E-state index in [1.54, 1.807) is 12.1 Å². The van der Waals surface area contributed by atoms with Crippen molar-refractivity contribution >= 4 is 39.1 Å². The Bertz CT molecular complexity index is 1060. The second kappa shape index (κ2) is 9.22. The van der Waals surface area contributed by atoms with Gasteiger partial charge in [0.2, 0.25) is 5.91 Å². The summed E-state index contributed by atoms with van der Waals surface area (Å²) in [6, 6.07) is 11.1. The van der Waals surface area contributed by atoms with Crippen molar-refractivity contribution in [2.45, 2.75) is 37.3 Å². The average Bonchev–Trinajstić information content (AvgIpc) is 3.01.